The van der Waals surface area contributed by atoms with Gasteiger partial charge in [0, 0.05) is 17.3 Å². The van der Waals surface area contributed by atoms with Gasteiger partial charge < -0.3 is 15.4 Å². The molecular weight excluding hydrogens is 268 g/mol. The van der Waals surface area contributed by atoms with Crippen LogP contribution in [0.25, 0.3) is 0 Å². The summed E-state index contributed by atoms with van der Waals surface area (Å²) in [6, 6.07) is 4.66. The summed E-state index contributed by atoms with van der Waals surface area (Å²) >= 11 is 5.79. The van der Waals surface area contributed by atoms with E-state index < -0.39 is 5.97 Å². The average Bonchev–Trinajstić information content (AvgIpc) is 2.37. The van der Waals surface area contributed by atoms with Crippen LogP contribution in [0.2, 0.25) is 5.02 Å². The molecule has 6 heteroatoms. The highest BCUT2D eigenvalue weighted by Crippen LogP contribution is 2.19. The Morgan fingerprint density at radius 3 is 2.63 bits per heavy atom. The number of amides is 1. The number of ether oxygens (including phenoxy) is 1. The number of nitrogens with zero attached hydrogens (tertiary/aromatic N) is 1. The number of esters is 1. The van der Waals surface area contributed by atoms with Gasteiger partial charge in [-0.1, -0.05) is 18.5 Å². The Labute approximate surface area is 117 Å². The van der Waals surface area contributed by atoms with E-state index in [1.807, 2.05) is 6.92 Å². The Morgan fingerprint density at radius 2 is 2.11 bits per heavy atom. The summed E-state index contributed by atoms with van der Waals surface area (Å²) in [5, 5.41) is 0.462. The number of rotatable bonds is 5. The molecule has 0 aliphatic carbocycles. The van der Waals surface area contributed by atoms with Crippen molar-refractivity contribution in [3.05, 3.63) is 28.8 Å². The number of anilines is 1. The third kappa shape index (κ3) is 4.13. The largest absolute Gasteiger partial charge is 0.468 e. The molecule has 0 atom stereocenters. The fourth-order valence-electron chi connectivity index (χ4n) is 1.64. The molecule has 0 saturated heterocycles. The van der Waals surface area contributed by atoms with Crippen molar-refractivity contribution >= 4 is 29.2 Å². The highest BCUT2D eigenvalue weighted by molar-refractivity contribution is 6.31. The Kier molecular flexibility index (Phi) is 5.63. The number of hydrogen-bond acceptors (Lipinski definition) is 4. The minimum atomic E-state index is -0.464. The van der Waals surface area contributed by atoms with E-state index in [4.69, 9.17) is 17.3 Å². The highest BCUT2D eigenvalue weighted by atomic mass is 35.5. The molecule has 0 unspecified atom stereocenters. The molecule has 5 nitrogen and oxygen atoms in total. The molecule has 1 aromatic carbocycles. The van der Waals surface area contributed by atoms with Crippen LogP contribution in [0.3, 0.4) is 0 Å². The molecule has 19 heavy (non-hydrogen) atoms. The fraction of sp³-hybridized carbons (Fsp3) is 0.385. The molecular formula is C13H17ClN2O3. The Balaban J connectivity index is 2.95. The lowest BCUT2D eigenvalue weighted by molar-refractivity contribution is -0.141. The second-order valence-corrected chi connectivity index (χ2v) is 4.47. The first-order valence-electron chi connectivity index (χ1n) is 5.90. The maximum atomic E-state index is 12.3. The molecule has 1 amide bonds. The second kappa shape index (κ2) is 6.99. The molecule has 0 radical (unpaired) electrons. The van der Waals surface area contributed by atoms with Crippen molar-refractivity contribution in [1.29, 1.82) is 0 Å². The zero-order chi connectivity index (χ0) is 14.4. The van der Waals surface area contributed by atoms with Crippen LogP contribution in [0.4, 0.5) is 5.69 Å². The molecule has 0 spiro atoms. The Hall–Kier alpha value is -1.75. The number of halogens is 1. The topological polar surface area (TPSA) is 72.6 Å². The van der Waals surface area contributed by atoms with Crippen molar-refractivity contribution in [2.24, 2.45) is 0 Å². The normalized spacial score (nSPS) is 10.1. The molecule has 0 aliphatic heterocycles. The molecule has 1 aromatic rings. The standard InChI is InChI=1S/C13H17ClN2O3/c1-3-6-16(8-12(17)19-2)13(18)10-5-4-9(14)7-11(10)15/h4-5,7H,3,6,8,15H2,1-2H3. The summed E-state index contributed by atoms with van der Waals surface area (Å²) in [6.45, 7) is 2.28. The van der Waals surface area contributed by atoms with Crippen LogP contribution in [-0.2, 0) is 9.53 Å². The predicted octanol–water partition coefficient (Wildman–Crippen LogP) is 1.95. The van der Waals surface area contributed by atoms with Crippen molar-refractivity contribution in [1.82, 2.24) is 4.90 Å². The third-order valence-corrected chi connectivity index (χ3v) is 2.81. The van der Waals surface area contributed by atoms with Crippen molar-refractivity contribution < 1.29 is 14.3 Å². The van der Waals surface area contributed by atoms with Gasteiger partial charge in [0.05, 0.1) is 12.7 Å². The summed E-state index contributed by atoms with van der Waals surface area (Å²) in [5.74, 6) is -0.768. The lowest BCUT2D eigenvalue weighted by Gasteiger charge is -2.21. The molecule has 0 bridgehead atoms. The van der Waals surface area contributed by atoms with E-state index >= 15 is 0 Å². The molecule has 0 aromatic heterocycles. The third-order valence-electron chi connectivity index (χ3n) is 2.57. The van der Waals surface area contributed by atoms with Gasteiger partial charge in [0.15, 0.2) is 0 Å². The van der Waals surface area contributed by atoms with Gasteiger partial charge in [-0.15, -0.1) is 0 Å². The number of carbonyl (C=O) groups is 2. The van der Waals surface area contributed by atoms with Crippen LogP contribution in [-0.4, -0.2) is 37.0 Å². The van der Waals surface area contributed by atoms with E-state index in [1.54, 1.807) is 12.1 Å². The Bertz CT molecular complexity index is 477. The SMILES string of the molecule is CCCN(CC(=O)OC)C(=O)c1ccc(Cl)cc1N. The molecule has 104 valence electrons. The number of carbonyl (C=O) groups excluding carboxylic acids is 2. The minimum Gasteiger partial charge on any atom is -0.468 e. The number of nitrogen functional groups attached to an aromatic ring is 1. The number of benzene rings is 1. The lowest BCUT2D eigenvalue weighted by Crippen LogP contribution is -2.37. The molecule has 0 fully saturated rings. The lowest BCUT2D eigenvalue weighted by atomic mass is 10.1. The average molecular weight is 285 g/mol. The summed E-state index contributed by atoms with van der Waals surface area (Å²) in [4.78, 5) is 25.0. The molecule has 0 aliphatic rings. The van der Waals surface area contributed by atoms with Crippen LogP contribution in [0.1, 0.15) is 23.7 Å². The zero-order valence-electron chi connectivity index (χ0n) is 11.0. The van der Waals surface area contributed by atoms with Gasteiger partial charge in [-0.25, -0.2) is 0 Å². The van der Waals surface area contributed by atoms with Gasteiger partial charge in [0.1, 0.15) is 6.54 Å². The summed E-state index contributed by atoms with van der Waals surface area (Å²) in [5.41, 5.74) is 6.40. The van der Waals surface area contributed by atoms with Gasteiger partial charge in [-0.3, -0.25) is 9.59 Å². The summed E-state index contributed by atoms with van der Waals surface area (Å²) < 4.78 is 4.58. The molecule has 2 N–H and O–H groups in total. The van der Waals surface area contributed by atoms with E-state index in [0.717, 1.165) is 6.42 Å². The monoisotopic (exact) mass is 284 g/mol. The minimum absolute atomic E-state index is 0.0920. The number of hydrogen-bond donors (Lipinski definition) is 1. The highest BCUT2D eigenvalue weighted by Gasteiger charge is 2.20. The van der Waals surface area contributed by atoms with Gasteiger partial charge in [-0.2, -0.15) is 0 Å². The molecule has 0 heterocycles. The van der Waals surface area contributed by atoms with Gasteiger partial charge in [0.25, 0.3) is 5.91 Å². The van der Waals surface area contributed by atoms with E-state index in [2.05, 4.69) is 4.74 Å². The van der Waals surface area contributed by atoms with Crippen LogP contribution in [0.15, 0.2) is 18.2 Å². The second-order valence-electron chi connectivity index (χ2n) is 4.03. The first-order valence-corrected chi connectivity index (χ1v) is 6.28. The summed E-state index contributed by atoms with van der Waals surface area (Å²) in [7, 11) is 1.29. The van der Waals surface area contributed by atoms with E-state index in [0.29, 0.717) is 22.8 Å². The molecule has 1 rings (SSSR count). The fourth-order valence-corrected chi connectivity index (χ4v) is 1.82. The first kappa shape index (κ1) is 15.3. The van der Waals surface area contributed by atoms with Gasteiger partial charge in [0.2, 0.25) is 0 Å². The smallest absolute Gasteiger partial charge is 0.325 e. The maximum Gasteiger partial charge on any atom is 0.325 e. The van der Waals surface area contributed by atoms with Crippen LogP contribution in [0.5, 0.6) is 0 Å². The number of methoxy groups -OCH3 is 1. The predicted molar refractivity (Wildman–Crippen MR) is 74.1 cm³/mol. The quantitative estimate of drug-likeness (QED) is 0.662. The van der Waals surface area contributed by atoms with Crippen molar-refractivity contribution in [2.45, 2.75) is 13.3 Å². The van der Waals surface area contributed by atoms with Crippen molar-refractivity contribution in [2.75, 3.05) is 25.9 Å². The van der Waals surface area contributed by atoms with Crippen LogP contribution in [0, 0.1) is 0 Å². The van der Waals surface area contributed by atoms with Crippen molar-refractivity contribution in [3.8, 4) is 0 Å². The van der Waals surface area contributed by atoms with Gasteiger partial charge in [-0.05, 0) is 24.6 Å². The zero-order valence-corrected chi connectivity index (χ0v) is 11.7. The van der Waals surface area contributed by atoms with Crippen molar-refractivity contribution in [3.63, 3.8) is 0 Å². The summed E-state index contributed by atoms with van der Waals surface area (Å²) in [6.07, 6.45) is 0.732. The van der Waals surface area contributed by atoms with E-state index in [-0.39, 0.29) is 12.5 Å². The Morgan fingerprint density at radius 1 is 1.42 bits per heavy atom. The van der Waals surface area contributed by atoms with Crippen LogP contribution < -0.4 is 5.73 Å². The number of nitrogens with two attached hydrogens (primary N) is 1. The molecule has 0 saturated carbocycles. The van der Waals surface area contributed by atoms with E-state index in [9.17, 15) is 9.59 Å². The first-order chi connectivity index (χ1) is 8.99. The van der Waals surface area contributed by atoms with Gasteiger partial charge >= 0.3 is 5.97 Å². The maximum absolute atomic E-state index is 12.3. The van der Waals surface area contributed by atoms with Crippen LogP contribution >= 0.6 is 11.6 Å². The van der Waals surface area contributed by atoms with E-state index in [1.165, 1.54) is 18.1 Å².